The standard InChI is InChI=1S/C21H18BrN5O2S/c1-12-4-5-15(20-26-27-13(2)24-25-21(27)30-20)11-17(12)23-19(28)9-6-14-10-16(22)7-8-18(14)29-3/h4-11H,1-3H3,(H,23,28)/b9-6+. The average Bonchev–Trinajstić information content (AvgIpc) is 3.30. The molecule has 30 heavy (non-hydrogen) atoms. The van der Waals surface area contributed by atoms with Gasteiger partial charge in [-0.1, -0.05) is 39.4 Å². The lowest BCUT2D eigenvalue weighted by atomic mass is 10.1. The Morgan fingerprint density at radius 1 is 1.20 bits per heavy atom. The van der Waals surface area contributed by atoms with Crippen LogP contribution in [0.4, 0.5) is 5.69 Å². The van der Waals surface area contributed by atoms with Crippen LogP contribution >= 0.6 is 27.3 Å². The lowest BCUT2D eigenvalue weighted by Gasteiger charge is -2.08. The number of carbonyl (C=O) groups is 1. The van der Waals surface area contributed by atoms with E-state index in [0.29, 0.717) is 5.75 Å². The van der Waals surface area contributed by atoms with Crippen molar-refractivity contribution >= 4 is 49.9 Å². The van der Waals surface area contributed by atoms with Gasteiger partial charge in [-0.15, -0.1) is 10.2 Å². The number of anilines is 1. The van der Waals surface area contributed by atoms with E-state index in [0.717, 1.165) is 42.6 Å². The zero-order valence-electron chi connectivity index (χ0n) is 16.5. The maximum atomic E-state index is 12.5. The summed E-state index contributed by atoms with van der Waals surface area (Å²) in [6.07, 6.45) is 3.21. The van der Waals surface area contributed by atoms with Gasteiger partial charge in [0, 0.05) is 27.4 Å². The Balaban J connectivity index is 1.56. The number of amides is 1. The Hall–Kier alpha value is -3.04. The minimum atomic E-state index is -0.230. The number of ether oxygens (including phenoxy) is 1. The first-order chi connectivity index (χ1) is 14.4. The van der Waals surface area contributed by atoms with Crippen LogP contribution in [0.25, 0.3) is 21.6 Å². The number of hydrogen-bond acceptors (Lipinski definition) is 6. The number of aromatic nitrogens is 4. The van der Waals surface area contributed by atoms with Crippen molar-refractivity contribution in [2.24, 2.45) is 0 Å². The lowest BCUT2D eigenvalue weighted by Crippen LogP contribution is -2.09. The van der Waals surface area contributed by atoms with Crippen molar-refractivity contribution in [3.8, 4) is 16.3 Å². The van der Waals surface area contributed by atoms with Gasteiger partial charge in [0.2, 0.25) is 10.9 Å². The van der Waals surface area contributed by atoms with Gasteiger partial charge in [0.05, 0.1) is 7.11 Å². The molecular weight excluding hydrogens is 466 g/mol. The fraction of sp³-hybridized carbons (Fsp3) is 0.143. The SMILES string of the molecule is COc1ccc(Br)cc1/C=C/C(=O)Nc1cc(-c2nn3c(C)nnc3s2)ccc1C. The molecule has 4 aromatic rings. The van der Waals surface area contributed by atoms with Crippen molar-refractivity contribution in [1.82, 2.24) is 19.8 Å². The van der Waals surface area contributed by atoms with Crippen LogP contribution in [0.3, 0.4) is 0 Å². The van der Waals surface area contributed by atoms with Crippen molar-refractivity contribution in [2.45, 2.75) is 13.8 Å². The van der Waals surface area contributed by atoms with Crippen molar-refractivity contribution in [2.75, 3.05) is 12.4 Å². The molecule has 0 aliphatic carbocycles. The van der Waals surface area contributed by atoms with Crippen LogP contribution in [-0.2, 0) is 4.79 Å². The molecule has 4 rings (SSSR count). The minimum Gasteiger partial charge on any atom is -0.496 e. The largest absolute Gasteiger partial charge is 0.496 e. The molecule has 152 valence electrons. The van der Waals surface area contributed by atoms with Crippen molar-refractivity contribution in [3.63, 3.8) is 0 Å². The molecule has 1 N–H and O–H groups in total. The number of aryl methyl sites for hydroxylation is 2. The van der Waals surface area contributed by atoms with Gasteiger partial charge in [0.1, 0.15) is 10.8 Å². The summed E-state index contributed by atoms with van der Waals surface area (Å²) in [5.41, 5.74) is 3.40. The van der Waals surface area contributed by atoms with E-state index in [1.807, 2.05) is 50.2 Å². The highest BCUT2D eigenvalue weighted by Crippen LogP contribution is 2.29. The molecule has 0 saturated carbocycles. The number of fused-ring (bicyclic) bond motifs is 1. The monoisotopic (exact) mass is 483 g/mol. The number of rotatable bonds is 5. The number of carbonyl (C=O) groups excluding carboxylic acids is 1. The number of hydrogen-bond donors (Lipinski definition) is 1. The molecule has 0 saturated heterocycles. The van der Waals surface area contributed by atoms with E-state index >= 15 is 0 Å². The Labute approximate surface area is 185 Å². The molecule has 0 aliphatic rings. The predicted molar refractivity (Wildman–Crippen MR) is 122 cm³/mol. The summed E-state index contributed by atoms with van der Waals surface area (Å²) >= 11 is 4.89. The first-order valence-corrected chi connectivity index (χ1v) is 10.7. The van der Waals surface area contributed by atoms with Crippen LogP contribution in [0.5, 0.6) is 5.75 Å². The van der Waals surface area contributed by atoms with Crippen molar-refractivity contribution in [1.29, 1.82) is 0 Å². The highest BCUT2D eigenvalue weighted by molar-refractivity contribution is 9.10. The van der Waals surface area contributed by atoms with Crippen LogP contribution in [0, 0.1) is 13.8 Å². The highest BCUT2D eigenvalue weighted by Gasteiger charge is 2.12. The zero-order valence-corrected chi connectivity index (χ0v) is 18.9. The van der Waals surface area contributed by atoms with E-state index in [1.54, 1.807) is 17.7 Å². The maximum absolute atomic E-state index is 12.5. The van der Waals surface area contributed by atoms with E-state index in [9.17, 15) is 4.79 Å². The third-order valence-corrected chi connectivity index (χ3v) is 5.94. The molecular formula is C21H18BrN5O2S. The van der Waals surface area contributed by atoms with Crippen molar-refractivity contribution in [3.05, 3.63) is 63.9 Å². The zero-order chi connectivity index (χ0) is 21.3. The van der Waals surface area contributed by atoms with Crippen molar-refractivity contribution < 1.29 is 9.53 Å². The molecule has 2 aromatic heterocycles. The Bertz CT molecular complexity index is 1280. The molecule has 0 unspecified atom stereocenters. The number of methoxy groups -OCH3 is 1. The molecule has 0 spiro atoms. The van der Waals surface area contributed by atoms with Crippen LogP contribution in [0.2, 0.25) is 0 Å². The molecule has 0 atom stereocenters. The minimum absolute atomic E-state index is 0.230. The first kappa shape index (κ1) is 20.2. The van der Waals surface area contributed by atoms with Gasteiger partial charge in [-0.25, -0.2) is 0 Å². The summed E-state index contributed by atoms with van der Waals surface area (Å²) in [6, 6.07) is 11.5. The molecule has 1 amide bonds. The molecule has 2 aromatic carbocycles. The fourth-order valence-electron chi connectivity index (χ4n) is 2.90. The average molecular weight is 484 g/mol. The van der Waals surface area contributed by atoms with E-state index < -0.39 is 0 Å². The Morgan fingerprint density at radius 3 is 2.80 bits per heavy atom. The van der Waals surface area contributed by atoms with Gasteiger partial charge in [-0.2, -0.15) is 9.61 Å². The topological polar surface area (TPSA) is 81.4 Å². The van der Waals surface area contributed by atoms with E-state index in [4.69, 9.17) is 4.74 Å². The summed E-state index contributed by atoms with van der Waals surface area (Å²) in [7, 11) is 1.60. The molecule has 0 aliphatic heterocycles. The van der Waals surface area contributed by atoms with Crippen LogP contribution in [-0.4, -0.2) is 32.8 Å². The van der Waals surface area contributed by atoms with E-state index in [-0.39, 0.29) is 5.91 Å². The number of benzene rings is 2. The van der Waals surface area contributed by atoms with Crippen LogP contribution in [0.15, 0.2) is 46.9 Å². The summed E-state index contributed by atoms with van der Waals surface area (Å²) in [5.74, 6) is 1.20. The van der Waals surface area contributed by atoms with Gasteiger partial charge in [0.15, 0.2) is 5.82 Å². The fourth-order valence-corrected chi connectivity index (χ4v) is 4.16. The molecule has 0 radical (unpaired) electrons. The summed E-state index contributed by atoms with van der Waals surface area (Å²) in [5, 5.41) is 16.4. The molecule has 0 fully saturated rings. The number of nitrogens with zero attached hydrogens (tertiary/aromatic N) is 4. The Kier molecular flexibility index (Phi) is 5.65. The summed E-state index contributed by atoms with van der Waals surface area (Å²) in [6.45, 7) is 3.81. The Morgan fingerprint density at radius 2 is 2.03 bits per heavy atom. The summed E-state index contributed by atoms with van der Waals surface area (Å²) < 4.78 is 7.96. The maximum Gasteiger partial charge on any atom is 0.248 e. The van der Waals surface area contributed by atoms with Crippen LogP contribution in [0.1, 0.15) is 17.0 Å². The van der Waals surface area contributed by atoms with E-state index in [2.05, 4.69) is 36.5 Å². The first-order valence-electron chi connectivity index (χ1n) is 9.07. The predicted octanol–water partition coefficient (Wildman–Crippen LogP) is 4.89. The third-order valence-electron chi connectivity index (χ3n) is 4.50. The lowest BCUT2D eigenvalue weighted by molar-refractivity contribution is -0.111. The molecule has 9 heteroatoms. The molecule has 2 heterocycles. The quantitative estimate of drug-likeness (QED) is 0.408. The highest BCUT2D eigenvalue weighted by atomic mass is 79.9. The summed E-state index contributed by atoms with van der Waals surface area (Å²) in [4.78, 5) is 13.3. The third kappa shape index (κ3) is 4.12. The second-order valence-electron chi connectivity index (χ2n) is 6.59. The van der Waals surface area contributed by atoms with E-state index in [1.165, 1.54) is 17.4 Å². The van der Waals surface area contributed by atoms with Gasteiger partial charge in [0.25, 0.3) is 0 Å². The molecule has 7 nitrogen and oxygen atoms in total. The second kappa shape index (κ2) is 8.37. The van der Waals surface area contributed by atoms with Gasteiger partial charge >= 0.3 is 0 Å². The number of nitrogens with one attached hydrogen (secondary N) is 1. The smallest absolute Gasteiger partial charge is 0.248 e. The van der Waals surface area contributed by atoms with Gasteiger partial charge in [-0.3, -0.25) is 4.79 Å². The van der Waals surface area contributed by atoms with Gasteiger partial charge < -0.3 is 10.1 Å². The number of halogens is 1. The van der Waals surface area contributed by atoms with Crippen LogP contribution < -0.4 is 10.1 Å². The van der Waals surface area contributed by atoms with Gasteiger partial charge in [-0.05, 0) is 49.8 Å². The normalized spacial score (nSPS) is 11.3. The second-order valence-corrected chi connectivity index (χ2v) is 8.46. The molecule has 0 bridgehead atoms.